The van der Waals surface area contributed by atoms with Gasteiger partial charge in [-0.2, -0.15) is 0 Å². The van der Waals surface area contributed by atoms with Crippen molar-refractivity contribution in [3.63, 3.8) is 0 Å². The Morgan fingerprint density at radius 3 is 2.70 bits per heavy atom. The fourth-order valence-electron chi connectivity index (χ4n) is 2.10. The SMILES string of the molecule is Cc1cccc(OCCNC(=O)NCc2ccc(F)c(C)c2)c1. The van der Waals surface area contributed by atoms with Crippen LogP contribution < -0.4 is 15.4 Å². The van der Waals surface area contributed by atoms with Gasteiger partial charge < -0.3 is 15.4 Å². The average Bonchev–Trinajstić information content (AvgIpc) is 2.53. The van der Waals surface area contributed by atoms with Crippen LogP contribution in [0.1, 0.15) is 16.7 Å². The fraction of sp³-hybridized carbons (Fsp3) is 0.278. The largest absolute Gasteiger partial charge is 0.492 e. The van der Waals surface area contributed by atoms with Gasteiger partial charge in [0.25, 0.3) is 0 Å². The zero-order valence-electron chi connectivity index (χ0n) is 13.4. The Morgan fingerprint density at radius 2 is 1.96 bits per heavy atom. The summed E-state index contributed by atoms with van der Waals surface area (Å²) in [5.41, 5.74) is 2.55. The first-order chi connectivity index (χ1) is 11.0. The molecule has 0 atom stereocenters. The molecule has 2 aromatic rings. The molecule has 2 aromatic carbocycles. The highest BCUT2D eigenvalue weighted by Crippen LogP contribution is 2.11. The van der Waals surface area contributed by atoms with Gasteiger partial charge in [-0.25, -0.2) is 9.18 Å². The number of ether oxygens (including phenoxy) is 1. The van der Waals surface area contributed by atoms with E-state index in [9.17, 15) is 9.18 Å². The van der Waals surface area contributed by atoms with Gasteiger partial charge in [0, 0.05) is 6.54 Å². The molecule has 0 spiro atoms. The van der Waals surface area contributed by atoms with Crippen LogP contribution in [0, 0.1) is 19.7 Å². The van der Waals surface area contributed by atoms with Crippen LogP contribution in [0.3, 0.4) is 0 Å². The maximum atomic E-state index is 13.2. The van der Waals surface area contributed by atoms with Gasteiger partial charge in [0.2, 0.25) is 0 Å². The zero-order chi connectivity index (χ0) is 16.7. The second kappa shape index (κ2) is 8.17. The molecular formula is C18H21FN2O2. The molecule has 122 valence electrons. The highest BCUT2D eigenvalue weighted by molar-refractivity contribution is 5.73. The topological polar surface area (TPSA) is 50.4 Å². The van der Waals surface area contributed by atoms with Crippen molar-refractivity contribution in [1.29, 1.82) is 0 Å². The number of benzene rings is 2. The number of rotatable bonds is 6. The van der Waals surface area contributed by atoms with E-state index in [-0.39, 0.29) is 11.8 Å². The van der Waals surface area contributed by atoms with E-state index >= 15 is 0 Å². The summed E-state index contributed by atoms with van der Waals surface area (Å²) >= 11 is 0. The predicted octanol–water partition coefficient (Wildman–Crippen LogP) is 3.32. The summed E-state index contributed by atoms with van der Waals surface area (Å²) in [6.45, 7) is 4.84. The summed E-state index contributed by atoms with van der Waals surface area (Å²) in [5.74, 6) is 0.542. The van der Waals surface area contributed by atoms with Crippen molar-refractivity contribution in [2.24, 2.45) is 0 Å². The normalized spacial score (nSPS) is 10.2. The molecule has 0 aliphatic rings. The van der Waals surface area contributed by atoms with E-state index in [1.807, 2.05) is 31.2 Å². The number of aryl methyl sites for hydroxylation is 2. The first-order valence-electron chi connectivity index (χ1n) is 7.51. The zero-order valence-corrected chi connectivity index (χ0v) is 13.4. The lowest BCUT2D eigenvalue weighted by molar-refractivity contribution is 0.236. The monoisotopic (exact) mass is 316 g/mol. The van der Waals surface area contributed by atoms with Gasteiger partial charge in [-0.05, 0) is 48.7 Å². The van der Waals surface area contributed by atoms with Crippen molar-refractivity contribution in [1.82, 2.24) is 10.6 Å². The van der Waals surface area contributed by atoms with Crippen molar-refractivity contribution >= 4 is 6.03 Å². The first kappa shape index (κ1) is 16.8. The first-order valence-corrected chi connectivity index (χ1v) is 7.51. The van der Waals surface area contributed by atoms with Crippen LogP contribution in [0.2, 0.25) is 0 Å². The summed E-state index contributed by atoms with van der Waals surface area (Å²) in [5, 5.41) is 5.44. The minimum absolute atomic E-state index is 0.244. The van der Waals surface area contributed by atoms with Crippen molar-refractivity contribution in [3.8, 4) is 5.75 Å². The molecule has 0 fully saturated rings. The van der Waals surface area contributed by atoms with Crippen LogP contribution in [0.4, 0.5) is 9.18 Å². The number of carbonyl (C=O) groups excluding carboxylic acids is 1. The van der Waals surface area contributed by atoms with E-state index in [1.54, 1.807) is 19.1 Å². The van der Waals surface area contributed by atoms with Gasteiger partial charge in [-0.15, -0.1) is 0 Å². The van der Waals surface area contributed by atoms with Crippen molar-refractivity contribution in [2.75, 3.05) is 13.2 Å². The Hall–Kier alpha value is -2.56. The van der Waals surface area contributed by atoms with Crippen LogP contribution in [0.25, 0.3) is 0 Å². The number of carbonyl (C=O) groups is 1. The molecule has 0 aliphatic carbocycles. The summed E-state index contributed by atoms with van der Waals surface area (Å²) in [4.78, 5) is 11.7. The van der Waals surface area contributed by atoms with Gasteiger partial charge in [0.05, 0.1) is 6.54 Å². The van der Waals surface area contributed by atoms with Crippen LogP contribution in [-0.2, 0) is 6.54 Å². The Labute approximate surface area is 135 Å². The van der Waals surface area contributed by atoms with Gasteiger partial charge in [-0.3, -0.25) is 0 Å². The molecule has 0 heterocycles. The number of nitrogens with one attached hydrogen (secondary N) is 2. The smallest absolute Gasteiger partial charge is 0.315 e. The number of halogens is 1. The highest BCUT2D eigenvalue weighted by Gasteiger charge is 2.02. The van der Waals surface area contributed by atoms with E-state index in [1.165, 1.54) is 6.07 Å². The number of hydrogen-bond donors (Lipinski definition) is 2. The van der Waals surface area contributed by atoms with Crippen LogP contribution in [-0.4, -0.2) is 19.2 Å². The van der Waals surface area contributed by atoms with Gasteiger partial charge in [0.15, 0.2) is 0 Å². The fourth-order valence-corrected chi connectivity index (χ4v) is 2.10. The summed E-state index contributed by atoms with van der Waals surface area (Å²) in [7, 11) is 0. The second-order valence-corrected chi connectivity index (χ2v) is 5.36. The second-order valence-electron chi connectivity index (χ2n) is 5.36. The third-order valence-electron chi connectivity index (χ3n) is 3.32. The Kier molecular flexibility index (Phi) is 5.97. The van der Waals surface area contributed by atoms with E-state index in [4.69, 9.17) is 4.74 Å². The maximum Gasteiger partial charge on any atom is 0.315 e. The summed E-state index contributed by atoms with van der Waals surface area (Å²) in [6.07, 6.45) is 0. The molecule has 0 saturated heterocycles. The molecular weight excluding hydrogens is 295 g/mol. The molecule has 5 heteroatoms. The van der Waals surface area contributed by atoms with Crippen LogP contribution >= 0.6 is 0 Å². The molecule has 0 bridgehead atoms. The standard InChI is InChI=1S/C18H21FN2O2/c1-13-4-3-5-16(10-13)23-9-8-20-18(22)21-12-15-6-7-17(19)14(2)11-15/h3-7,10-11H,8-9,12H2,1-2H3,(H2,20,21,22). The summed E-state index contributed by atoms with van der Waals surface area (Å²) < 4.78 is 18.7. The molecule has 2 rings (SSSR count). The third-order valence-corrected chi connectivity index (χ3v) is 3.32. The molecule has 2 N–H and O–H groups in total. The highest BCUT2D eigenvalue weighted by atomic mass is 19.1. The molecule has 0 aliphatic heterocycles. The van der Waals surface area contributed by atoms with Crippen LogP contribution in [0.5, 0.6) is 5.75 Å². The average molecular weight is 316 g/mol. The molecule has 0 aromatic heterocycles. The number of amides is 2. The Morgan fingerprint density at radius 1 is 1.13 bits per heavy atom. The van der Waals surface area contributed by atoms with Crippen molar-refractivity contribution in [3.05, 3.63) is 65.0 Å². The van der Waals surface area contributed by atoms with Crippen LogP contribution in [0.15, 0.2) is 42.5 Å². The van der Waals surface area contributed by atoms with E-state index in [0.717, 1.165) is 16.9 Å². The number of urea groups is 1. The molecule has 0 radical (unpaired) electrons. The minimum Gasteiger partial charge on any atom is -0.492 e. The number of hydrogen-bond acceptors (Lipinski definition) is 2. The van der Waals surface area contributed by atoms with Gasteiger partial charge in [-0.1, -0.05) is 24.3 Å². The molecule has 0 saturated carbocycles. The summed E-state index contributed by atoms with van der Waals surface area (Å²) in [6, 6.07) is 12.2. The van der Waals surface area contributed by atoms with Gasteiger partial charge >= 0.3 is 6.03 Å². The molecule has 2 amide bonds. The van der Waals surface area contributed by atoms with Crippen molar-refractivity contribution < 1.29 is 13.9 Å². The Bertz CT molecular complexity index is 674. The van der Waals surface area contributed by atoms with E-state index in [0.29, 0.717) is 25.3 Å². The van der Waals surface area contributed by atoms with Gasteiger partial charge in [0.1, 0.15) is 18.2 Å². The third kappa shape index (κ3) is 5.62. The molecule has 4 nitrogen and oxygen atoms in total. The maximum absolute atomic E-state index is 13.2. The Balaban J connectivity index is 1.66. The minimum atomic E-state index is -0.278. The lowest BCUT2D eigenvalue weighted by atomic mass is 10.1. The van der Waals surface area contributed by atoms with E-state index < -0.39 is 0 Å². The lowest BCUT2D eigenvalue weighted by Gasteiger charge is -2.10. The van der Waals surface area contributed by atoms with E-state index in [2.05, 4.69) is 10.6 Å². The van der Waals surface area contributed by atoms with Crippen molar-refractivity contribution in [2.45, 2.75) is 20.4 Å². The predicted molar refractivity (Wildman–Crippen MR) is 88.0 cm³/mol. The lowest BCUT2D eigenvalue weighted by Crippen LogP contribution is -2.37. The quantitative estimate of drug-likeness (QED) is 0.803. The molecule has 23 heavy (non-hydrogen) atoms. The molecule has 0 unspecified atom stereocenters.